The molecular formula is C12H10N2O. The van der Waals surface area contributed by atoms with Crippen molar-refractivity contribution in [3.8, 4) is 0 Å². The average Bonchev–Trinajstić information content (AvgIpc) is 2.76. The molecule has 0 amide bonds. The van der Waals surface area contributed by atoms with Gasteiger partial charge < -0.3 is 4.42 Å². The van der Waals surface area contributed by atoms with Crippen LogP contribution in [0.2, 0.25) is 0 Å². The topological polar surface area (TPSA) is 37.9 Å². The van der Waals surface area contributed by atoms with Gasteiger partial charge in [0.15, 0.2) is 0 Å². The SMILES string of the molecule is C=Cc1ccc(N=Nc2ccccc2)o1. The summed E-state index contributed by atoms with van der Waals surface area (Å²) in [7, 11) is 0. The summed E-state index contributed by atoms with van der Waals surface area (Å²) in [5, 5.41) is 7.98. The maximum absolute atomic E-state index is 5.28. The number of furan rings is 1. The molecule has 0 radical (unpaired) electrons. The highest BCUT2D eigenvalue weighted by Gasteiger charge is 1.95. The molecule has 15 heavy (non-hydrogen) atoms. The predicted octanol–water partition coefficient (Wildman–Crippen LogP) is 4.34. The number of azo groups is 1. The van der Waals surface area contributed by atoms with Crippen molar-refractivity contribution in [2.45, 2.75) is 0 Å². The van der Waals surface area contributed by atoms with E-state index in [0.717, 1.165) is 5.69 Å². The lowest BCUT2D eigenvalue weighted by Crippen LogP contribution is -1.60. The Balaban J connectivity index is 2.15. The second kappa shape index (κ2) is 4.37. The fourth-order valence-corrected chi connectivity index (χ4v) is 1.11. The van der Waals surface area contributed by atoms with Crippen molar-refractivity contribution in [3.05, 3.63) is 54.8 Å². The lowest BCUT2D eigenvalue weighted by atomic mass is 10.3. The fourth-order valence-electron chi connectivity index (χ4n) is 1.11. The number of benzene rings is 1. The Labute approximate surface area is 87.8 Å². The molecule has 0 fully saturated rings. The van der Waals surface area contributed by atoms with E-state index >= 15 is 0 Å². The molecule has 1 aromatic carbocycles. The van der Waals surface area contributed by atoms with Crippen molar-refractivity contribution in [2.24, 2.45) is 10.2 Å². The molecular weight excluding hydrogens is 188 g/mol. The lowest BCUT2D eigenvalue weighted by molar-refractivity contribution is 0.562. The third kappa shape index (κ3) is 2.40. The standard InChI is InChI=1S/C12H10N2O/c1-2-11-8-9-12(15-11)14-13-10-6-4-3-5-7-10/h2-9H,1H2. The Morgan fingerprint density at radius 1 is 1.00 bits per heavy atom. The molecule has 0 aliphatic heterocycles. The van der Waals surface area contributed by atoms with Crippen LogP contribution in [0, 0.1) is 0 Å². The van der Waals surface area contributed by atoms with Crippen molar-refractivity contribution < 1.29 is 4.42 Å². The molecule has 3 heteroatoms. The zero-order chi connectivity index (χ0) is 10.5. The van der Waals surface area contributed by atoms with E-state index in [4.69, 9.17) is 4.42 Å². The predicted molar refractivity (Wildman–Crippen MR) is 59.4 cm³/mol. The molecule has 0 aliphatic carbocycles. The summed E-state index contributed by atoms with van der Waals surface area (Å²) in [6.45, 7) is 3.60. The van der Waals surface area contributed by atoms with Gasteiger partial charge in [0, 0.05) is 6.07 Å². The van der Waals surface area contributed by atoms with Crippen molar-refractivity contribution in [2.75, 3.05) is 0 Å². The maximum atomic E-state index is 5.28. The van der Waals surface area contributed by atoms with Gasteiger partial charge in [-0.2, -0.15) is 0 Å². The number of rotatable bonds is 3. The summed E-state index contributed by atoms with van der Waals surface area (Å²) in [6, 6.07) is 13.1. The van der Waals surface area contributed by atoms with Gasteiger partial charge in [0.2, 0.25) is 5.88 Å². The normalized spacial score (nSPS) is 10.7. The van der Waals surface area contributed by atoms with Gasteiger partial charge in [-0.15, -0.1) is 10.2 Å². The van der Waals surface area contributed by atoms with Crippen LogP contribution in [-0.4, -0.2) is 0 Å². The third-order valence-corrected chi connectivity index (χ3v) is 1.83. The zero-order valence-electron chi connectivity index (χ0n) is 8.13. The minimum absolute atomic E-state index is 0.480. The Hall–Kier alpha value is -2.16. The monoisotopic (exact) mass is 198 g/mol. The summed E-state index contributed by atoms with van der Waals surface area (Å²) >= 11 is 0. The molecule has 2 rings (SSSR count). The quantitative estimate of drug-likeness (QED) is 0.676. The third-order valence-electron chi connectivity index (χ3n) is 1.83. The van der Waals surface area contributed by atoms with Crippen LogP contribution in [-0.2, 0) is 0 Å². The minimum Gasteiger partial charge on any atom is -0.438 e. The molecule has 0 saturated carbocycles. The van der Waals surface area contributed by atoms with Gasteiger partial charge >= 0.3 is 0 Å². The summed E-state index contributed by atoms with van der Waals surface area (Å²) in [4.78, 5) is 0. The van der Waals surface area contributed by atoms with Crippen LogP contribution in [0.5, 0.6) is 0 Å². The maximum Gasteiger partial charge on any atom is 0.238 e. The van der Waals surface area contributed by atoms with Crippen molar-refractivity contribution in [3.63, 3.8) is 0 Å². The second-order valence-corrected chi connectivity index (χ2v) is 2.92. The van der Waals surface area contributed by atoms with Gasteiger partial charge in [-0.1, -0.05) is 24.8 Å². The number of nitrogens with zero attached hydrogens (tertiary/aromatic N) is 2. The van der Waals surface area contributed by atoms with Crippen LogP contribution >= 0.6 is 0 Å². The first-order valence-corrected chi connectivity index (χ1v) is 4.57. The van der Waals surface area contributed by atoms with Gasteiger partial charge in [0.1, 0.15) is 5.76 Å². The van der Waals surface area contributed by atoms with Crippen molar-refractivity contribution >= 4 is 17.6 Å². The van der Waals surface area contributed by atoms with Crippen LogP contribution in [0.3, 0.4) is 0 Å². The van der Waals surface area contributed by atoms with Gasteiger partial charge in [0.25, 0.3) is 0 Å². The first-order chi connectivity index (χ1) is 7.38. The van der Waals surface area contributed by atoms with Crippen LogP contribution in [0.15, 0.2) is 63.7 Å². The molecule has 0 N–H and O–H groups in total. The molecule has 1 heterocycles. The largest absolute Gasteiger partial charge is 0.438 e. The van der Waals surface area contributed by atoms with E-state index in [1.165, 1.54) is 0 Å². The van der Waals surface area contributed by atoms with E-state index in [2.05, 4.69) is 16.8 Å². The fraction of sp³-hybridized carbons (Fsp3) is 0. The van der Waals surface area contributed by atoms with Crippen molar-refractivity contribution in [1.82, 2.24) is 0 Å². The first-order valence-electron chi connectivity index (χ1n) is 4.57. The second-order valence-electron chi connectivity index (χ2n) is 2.92. The summed E-state index contributed by atoms with van der Waals surface area (Å²) < 4.78 is 5.28. The highest BCUT2D eigenvalue weighted by molar-refractivity contribution is 5.43. The molecule has 0 spiro atoms. The molecule has 2 aromatic rings. The van der Waals surface area contributed by atoms with Crippen LogP contribution < -0.4 is 0 Å². The van der Waals surface area contributed by atoms with E-state index < -0.39 is 0 Å². The first kappa shape index (κ1) is 9.40. The van der Waals surface area contributed by atoms with Crippen LogP contribution in [0.4, 0.5) is 11.6 Å². The Morgan fingerprint density at radius 2 is 1.80 bits per heavy atom. The van der Waals surface area contributed by atoms with E-state index in [9.17, 15) is 0 Å². The molecule has 0 saturated heterocycles. The molecule has 0 bridgehead atoms. The zero-order valence-corrected chi connectivity index (χ0v) is 8.13. The van der Waals surface area contributed by atoms with E-state index in [1.807, 2.05) is 30.3 Å². The average molecular weight is 198 g/mol. The van der Waals surface area contributed by atoms with E-state index in [0.29, 0.717) is 11.6 Å². The van der Waals surface area contributed by atoms with Crippen LogP contribution in [0.1, 0.15) is 5.76 Å². The summed E-state index contributed by atoms with van der Waals surface area (Å²) in [6.07, 6.45) is 1.63. The van der Waals surface area contributed by atoms with Crippen LogP contribution in [0.25, 0.3) is 6.08 Å². The summed E-state index contributed by atoms with van der Waals surface area (Å²) in [5.41, 5.74) is 0.800. The van der Waals surface area contributed by atoms with E-state index in [-0.39, 0.29) is 0 Å². The Kier molecular flexibility index (Phi) is 2.74. The van der Waals surface area contributed by atoms with Gasteiger partial charge in [-0.25, -0.2) is 0 Å². The number of hydrogen-bond acceptors (Lipinski definition) is 3. The Morgan fingerprint density at radius 3 is 2.47 bits per heavy atom. The smallest absolute Gasteiger partial charge is 0.238 e. The minimum atomic E-state index is 0.480. The molecule has 3 nitrogen and oxygen atoms in total. The van der Waals surface area contributed by atoms with Gasteiger partial charge in [0.05, 0.1) is 5.69 Å². The molecule has 1 aromatic heterocycles. The highest BCUT2D eigenvalue weighted by atomic mass is 16.4. The highest BCUT2D eigenvalue weighted by Crippen LogP contribution is 2.20. The van der Waals surface area contributed by atoms with Gasteiger partial charge in [-0.05, 0) is 24.3 Å². The lowest BCUT2D eigenvalue weighted by Gasteiger charge is -1.88. The molecule has 74 valence electrons. The number of hydrogen-bond donors (Lipinski definition) is 0. The van der Waals surface area contributed by atoms with E-state index in [1.54, 1.807) is 18.2 Å². The Bertz CT molecular complexity index is 471. The van der Waals surface area contributed by atoms with Gasteiger partial charge in [-0.3, -0.25) is 0 Å². The van der Waals surface area contributed by atoms with Crippen molar-refractivity contribution in [1.29, 1.82) is 0 Å². The molecule has 0 unspecified atom stereocenters. The molecule has 0 atom stereocenters. The molecule has 0 aliphatic rings. The summed E-state index contributed by atoms with van der Waals surface area (Å²) in [5.74, 6) is 1.17.